The number of aromatic nitrogens is 1. The van der Waals surface area contributed by atoms with Gasteiger partial charge < -0.3 is 21.4 Å². The fraction of sp³-hybridized carbons (Fsp3) is 0.467. The van der Waals surface area contributed by atoms with E-state index in [-0.39, 0.29) is 36.2 Å². The summed E-state index contributed by atoms with van der Waals surface area (Å²) in [7, 11) is 0. The number of amides is 2. The molecule has 4 rings (SSSR count). The predicted molar refractivity (Wildman–Crippen MR) is 152 cm³/mol. The van der Waals surface area contributed by atoms with Crippen LogP contribution in [0.25, 0.3) is 10.9 Å². The molecule has 1 saturated carbocycles. The van der Waals surface area contributed by atoms with Crippen LogP contribution in [0.2, 0.25) is 0 Å². The normalized spacial score (nSPS) is 21.2. The van der Waals surface area contributed by atoms with Gasteiger partial charge in [0.1, 0.15) is 0 Å². The Hall–Kier alpha value is -2.83. The van der Waals surface area contributed by atoms with E-state index in [1.165, 1.54) is 6.42 Å². The van der Waals surface area contributed by atoms with E-state index in [1.54, 1.807) is 0 Å². The van der Waals surface area contributed by atoms with E-state index in [0.29, 0.717) is 30.7 Å². The average molecular weight is 525 g/mol. The van der Waals surface area contributed by atoms with E-state index in [9.17, 15) is 9.59 Å². The second kappa shape index (κ2) is 13.1. The Bertz CT molecular complexity index is 1160. The number of fused-ring (bicyclic) bond motifs is 1. The molecule has 7 heteroatoms. The maximum Gasteiger partial charge on any atom is 0.237 e. The molecule has 0 radical (unpaired) electrons. The Morgan fingerprint density at radius 2 is 1.76 bits per heavy atom. The van der Waals surface area contributed by atoms with E-state index in [0.717, 1.165) is 34.9 Å². The van der Waals surface area contributed by atoms with Crippen molar-refractivity contribution in [3.8, 4) is 0 Å². The van der Waals surface area contributed by atoms with Gasteiger partial charge in [-0.1, -0.05) is 75.7 Å². The van der Waals surface area contributed by atoms with Crippen molar-refractivity contribution in [2.75, 3.05) is 6.54 Å². The Labute approximate surface area is 226 Å². The zero-order chi connectivity index (χ0) is 25.7. The maximum absolute atomic E-state index is 13.3. The summed E-state index contributed by atoms with van der Waals surface area (Å²) in [6, 6.07) is 16.7. The van der Waals surface area contributed by atoms with Crippen LogP contribution in [0, 0.1) is 23.7 Å². The highest BCUT2D eigenvalue weighted by Crippen LogP contribution is 2.38. The molecule has 0 bridgehead atoms. The molecule has 0 saturated heterocycles. The van der Waals surface area contributed by atoms with Gasteiger partial charge in [-0.15, -0.1) is 12.4 Å². The highest BCUT2D eigenvalue weighted by molar-refractivity contribution is 5.86. The second-order valence-corrected chi connectivity index (χ2v) is 10.8. The van der Waals surface area contributed by atoms with Crippen molar-refractivity contribution in [2.45, 2.75) is 58.5 Å². The SMILES string of the molecule is CC(C)[C@@H]1CC[C@@H](C)C[C@H]1C(=O)NC[C@@H](NC(=O)[C@@H](N)Cc1c[nH]c2ccccc12)c1ccccc1.Cl. The molecule has 1 aromatic heterocycles. The molecule has 37 heavy (non-hydrogen) atoms. The van der Waals surface area contributed by atoms with E-state index < -0.39 is 6.04 Å². The number of halogens is 1. The first-order valence-corrected chi connectivity index (χ1v) is 13.3. The molecule has 200 valence electrons. The molecule has 2 amide bonds. The highest BCUT2D eigenvalue weighted by atomic mass is 35.5. The minimum atomic E-state index is -0.698. The second-order valence-electron chi connectivity index (χ2n) is 10.8. The summed E-state index contributed by atoms with van der Waals surface area (Å²) in [5, 5.41) is 7.35. The Kier molecular flexibility index (Phi) is 10.2. The van der Waals surface area contributed by atoms with Gasteiger partial charge in [-0.25, -0.2) is 0 Å². The number of hydrogen-bond donors (Lipinski definition) is 4. The highest BCUT2D eigenvalue weighted by Gasteiger charge is 2.35. The summed E-state index contributed by atoms with van der Waals surface area (Å²) >= 11 is 0. The van der Waals surface area contributed by atoms with Crippen LogP contribution in [0.4, 0.5) is 0 Å². The standard InChI is InChI=1S/C30H40N4O2.ClH/c1-19(2)23-14-13-20(3)15-25(23)29(35)33-18-28(21-9-5-4-6-10-21)34-30(36)26(31)16-22-17-32-27-12-8-7-11-24(22)27;/h4-12,17,19-20,23,25-26,28,32H,13-16,18,31H2,1-3H3,(H,33,35)(H,34,36);1H/t20-,23+,25-,26+,28-;/m1./s1. The average Bonchev–Trinajstić information content (AvgIpc) is 3.29. The van der Waals surface area contributed by atoms with Crippen LogP contribution in [0.5, 0.6) is 0 Å². The van der Waals surface area contributed by atoms with E-state index >= 15 is 0 Å². The van der Waals surface area contributed by atoms with Crippen molar-refractivity contribution >= 4 is 35.1 Å². The van der Waals surface area contributed by atoms with Gasteiger partial charge in [-0.3, -0.25) is 9.59 Å². The summed E-state index contributed by atoms with van der Waals surface area (Å²) in [5.74, 6) is 1.32. The smallest absolute Gasteiger partial charge is 0.237 e. The van der Waals surface area contributed by atoms with Gasteiger partial charge in [0.05, 0.1) is 12.1 Å². The third-order valence-electron chi connectivity index (χ3n) is 7.81. The number of carbonyl (C=O) groups excluding carboxylic acids is 2. The molecular weight excluding hydrogens is 484 g/mol. The zero-order valence-electron chi connectivity index (χ0n) is 22.1. The number of H-pyrrole nitrogens is 1. The topological polar surface area (TPSA) is 100 Å². The van der Waals surface area contributed by atoms with Crippen molar-refractivity contribution < 1.29 is 9.59 Å². The molecule has 1 aliphatic rings. The van der Waals surface area contributed by atoms with Gasteiger partial charge in [-0.05, 0) is 54.2 Å². The van der Waals surface area contributed by atoms with Gasteiger partial charge >= 0.3 is 0 Å². The molecule has 5 atom stereocenters. The minimum absolute atomic E-state index is 0. The monoisotopic (exact) mass is 524 g/mol. The predicted octanol–water partition coefficient (Wildman–Crippen LogP) is 5.14. The Morgan fingerprint density at radius 3 is 2.49 bits per heavy atom. The minimum Gasteiger partial charge on any atom is -0.361 e. The fourth-order valence-corrected chi connectivity index (χ4v) is 5.68. The van der Waals surface area contributed by atoms with Gasteiger partial charge in [0.2, 0.25) is 11.8 Å². The lowest BCUT2D eigenvalue weighted by Gasteiger charge is -2.36. The number of carbonyl (C=O) groups is 2. The van der Waals surface area contributed by atoms with Crippen LogP contribution in [0.1, 0.15) is 57.2 Å². The Morgan fingerprint density at radius 1 is 1.05 bits per heavy atom. The maximum atomic E-state index is 13.3. The van der Waals surface area contributed by atoms with Gasteiger partial charge in [0.15, 0.2) is 0 Å². The number of rotatable bonds is 9. The summed E-state index contributed by atoms with van der Waals surface area (Å²) < 4.78 is 0. The summed E-state index contributed by atoms with van der Waals surface area (Å²) in [4.78, 5) is 29.7. The lowest BCUT2D eigenvalue weighted by atomic mass is 9.70. The molecule has 1 aliphatic carbocycles. The van der Waals surface area contributed by atoms with Crippen LogP contribution < -0.4 is 16.4 Å². The number of benzene rings is 2. The van der Waals surface area contributed by atoms with Crippen molar-refractivity contribution in [3.63, 3.8) is 0 Å². The molecule has 0 spiro atoms. The molecular formula is C30H41ClN4O2. The lowest BCUT2D eigenvalue weighted by Crippen LogP contribution is -2.47. The van der Waals surface area contributed by atoms with E-state index in [4.69, 9.17) is 5.73 Å². The van der Waals surface area contributed by atoms with Gasteiger partial charge in [-0.2, -0.15) is 0 Å². The van der Waals surface area contributed by atoms with Crippen LogP contribution in [0.3, 0.4) is 0 Å². The van der Waals surface area contributed by atoms with Crippen LogP contribution >= 0.6 is 12.4 Å². The molecule has 1 fully saturated rings. The van der Waals surface area contributed by atoms with Crippen LogP contribution in [-0.4, -0.2) is 29.4 Å². The van der Waals surface area contributed by atoms with Crippen molar-refractivity contribution in [2.24, 2.45) is 29.4 Å². The van der Waals surface area contributed by atoms with Crippen molar-refractivity contribution in [1.82, 2.24) is 15.6 Å². The summed E-state index contributed by atoms with van der Waals surface area (Å²) in [6.07, 6.45) is 5.55. The van der Waals surface area contributed by atoms with E-state index in [2.05, 4.69) is 36.4 Å². The summed E-state index contributed by atoms with van der Waals surface area (Å²) in [5.41, 5.74) is 9.35. The van der Waals surface area contributed by atoms with Crippen molar-refractivity contribution in [3.05, 3.63) is 71.9 Å². The first-order chi connectivity index (χ1) is 17.3. The molecule has 0 aliphatic heterocycles. The Balaban J connectivity index is 0.00000380. The summed E-state index contributed by atoms with van der Waals surface area (Å²) in [6.45, 7) is 7.00. The third kappa shape index (κ3) is 7.14. The molecule has 6 nitrogen and oxygen atoms in total. The molecule has 2 aromatic carbocycles. The lowest BCUT2D eigenvalue weighted by molar-refractivity contribution is -0.130. The van der Waals surface area contributed by atoms with Crippen LogP contribution in [-0.2, 0) is 16.0 Å². The van der Waals surface area contributed by atoms with E-state index in [1.807, 2.05) is 60.8 Å². The molecule has 0 unspecified atom stereocenters. The first-order valence-electron chi connectivity index (χ1n) is 13.3. The third-order valence-corrected chi connectivity index (χ3v) is 7.81. The fourth-order valence-electron chi connectivity index (χ4n) is 5.68. The number of nitrogens with one attached hydrogen (secondary N) is 3. The largest absolute Gasteiger partial charge is 0.361 e. The number of aromatic amines is 1. The van der Waals surface area contributed by atoms with Gasteiger partial charge in [0, 0.05) is 29.6 Å². The molecule has 5 N–H and O–H groups in total. The van der Waals surface area contributed by atoms with Gasteiger partial charge in [0.25, 0.3) is 0 Å². The molecule has 3 aromatic rings. The number of para-hydroxylation sites is 1. The van der Waals surface area contributed by atoms with Crippen LogP contribution in [0.15, 0.2) is 60.8 Å². The molecule has 1 heterocycles. The zero-order valence-corrected chi connectivity index (χ0v) is 22.9. The first kappa shape index (κ1) is 28.7. The quantitative estimate of drug-likeness (QED) is 0.312. The number of hydrogen-bond acceptors (Lipinski definition) is 3. The van der Waals surface area contributed by atoms with Crippen molar-refractivity contribution in [1.29, 1.82) is 0 Å². The number of nitrogens with two attached hydrogens (primary N) is 1.